The first kappa shape index (κ1) is 18.5. The third kappa shape index (κ3) is 3.98. The molecule has 0 saturated carbocycles. The predicted molar refractivity (Wildman–Crippen MR) is 113 cm³/mol. The van der Waals surface area contributed by atoms with Gasteiger partial charge < -0.3 is 4.98 Å². The van der Waals surface area contributed by atoms with Crippen molar-refractivity contribution in [2.45, 2.75) is 32.0 Å². The van der Waals surface area contributed by atoms with Gasteiger partial charge in [-0.05, 0) is 54.0 Å². The second-order valence-corrected chi connectivity index (χ2v) is 8.56. The van der Waals surface area contributed by atoms with Crippen molar-refractivity contribution >= 4 is 10.9 Å². The van der Waals surface area contributed by atoms with Crippen LogP contribution in [0, 0.1) is 11.7 Å². The van der Waals surface area contributed by atoms with Crippen LogP contribution in [0.3, 0.4) is 0 Å². The molecule has 3 fully saturated rings. The predicted octanol–water partition coefficient (Wildman–Crippen LogP) is 3.76. The number of para-hydroxylation sites is 1. The normalized spacial score (nSPS) is 22.8. The van der Waals surface area contributed by atoms with Crippen LogP contribution in [0.4, 0.5) is 4.39 Å². The maximum atomic E-state index is 13.2. The van der Waals surface area contributed by atoms with Crippen molar-refractivity contribution in [3.05, 3.63) is 81.9 Å². The standard InChI is InChI=1S/C24H26FN3O/c25-21-8-5-17(6-9-21)12-27-13-18-7-10-22(16-27)28(14-18)15-20-11-19-3-1-2-4-23(19)26-24(20)29/h1-6,8-9,11,18,22H,7,10,12-16H2,(H,26,29)/t18-,22+/m0/s1. The Labute approximate surface area is 170 Å². The molecule has 2 aromatic carbocycles. The van der Waals surface area contributed by atoms with Gasteiger partial charge in [-0.2, -0.15) is 0 Å². The fraction of sp³-hybridized carbons (Fsp3) is 0.375. The van der Waals surface area contributed by atoms with Gasteiger partial charge in [0, 0.05) is 49.8 Å². The Morgan fingerprint density at radius 2 is 1.79 bits per heavy atom. The first-order valence-corrected chi connectivity index (χ1v) is 10.5. The zero-order chi connectivity index (χ0) is 19.8. The lowest BCUT2D eigenvalue weighted by Gasteiger charge is -2.36. The summed E-state index contributed by atoms with van der Waals surface area (Å²) in [4.78, 5) is 20.6. The van der Waals surface area contributed by atoms with E-state index < -0.39 is 0 Å². The van der Waals surface area contributed by atoms with E-state index in [1.807, 2.05) is 42.5 Å². The Bertz CT molecular complexity index is 1060. The molecule has 6 rings (SSSR count). The molecule has 150 valence electrons. The molecule has 4 heterocycles. The molecular weight excluding hydrogens is 365 g/mol. The summed E-state index contributed by atoms with van der Waals surface area (Å²) in [6, 6.07) is 17.3. The van der Waals surface area contributed by atoms with Gasteiger partial charge in [-0.1, -0.05) is 30.3 Å². The SMILES string of the molecule is O=c1[nH]c2ccccc2cc1CN1C[C@H]2CC[C@@H]1CN(Cc1ccc(F)cc1)C2. The molecule has 2 bridgehead atoms. The first-order chi connectivity index (χ1) is 14.1. The Morgan fingerprint density at radius 1 is 0.966 bits per heavy atom. The van der Waals surface area contributed by atoms with Crippen LogP contribution in [-0.4, -0.2) is 40.5 Å². The molecule has 29 heavy (non-hydrogen) atoms. The Morgan fingerprint density at radius 3 is 2.66 bits per heavy atom. The average molecular weight is 391 g/mol. The van der Waals surface area contributed by atoms with Gasteiger partial charge >= 0.3 is 0 Å². The molecule has 3 saturated heterocycles. The van der Waals surface area contributed by atoms with Crippen molar-refractivity contribution in [3.63, 3.8) is 0 Å². The van der Waals surface area contributed by atoms with E-state index in [9.17, 15) is 9.18 Å². The van der Waals surface area contributed by atoms with Crippen molar-refractivity contribution in [2.75, 3.05) is 19.6 Å². The molecule has 0 spiro atoms. The van der Waals surface area contributed by atoms with Gasteiger partial charge in [0.05, 0.1) is 0 Å². The highest BCUT2D eigenvalue weighted by Crippen LogP contribution is 2.30. The van der Waals surface area contributed by atoms with E-state index in [2.05, 4.69) is 14.8 Å². The second-order valence-electron chi connectivity index (χ2n) is 8.56. The molecule has 4 nitrogen and oxygen atoms in total. The highest BCUT2D eigenvalue weighted by atomic mass is 19.1. The van der Waals surface area contributed by atoms with Crippen LogP contribution >= 0.6 is 0 Å². The summed E-state index contributed by atoms with van der Waals surface area (Å²) in [5, 5.41) is 1.08. The van der Waals surface area contributed by atoms with Gasteiger partial charge in [-0.25, -0.2) is 4.39 Å². The number of benzene rings is 2. The molecule has 3 aromatic rings. The molecule has 0 amide bonds. The largest absolute Gasteiger partial charge is 0.322 e. The van der Waals surface area contributed by atoms with E-state index in [0.29, 0.717) is 18.5 Å². The molecule has 0 unspecified atom stereocenters. The zero-order valence-electron chi connectivity index (χ0n) is 16.5. The van der Waals surface area contributed by atoms with E-state index in [1.165, 1.54) is 12.8 Å². The number of fused-ring (bicyclic) bond motifs is 5. The molecule has 3 aliphatic rings. The van der Waals surface area contributed by atoms with Crippen LogP contribution in [0.5, 0.6) is 0 Å². The van der Waals surface area contributed by atoms with Crippen LogP contribution < -0.4 is 5.56 Å². The van der Waals surface area contributed by atoms with Crippen LogP contribution in [-0.2, 0) is 13.1 Å². The van der Waals surface area contributed by atoms with E-state index in [1.54, 1.807) is 12.1 Å². The third-order valence-electron chi connectivity index (χ3n) is 6.43. The van der Waals surface area contributed by atoms with Gasteiger partial charge in [0.15, 0.2) is 0 Å². The summed E-state index contributed by atoms with van der Waals surface area (Å²) in [5.74, 6) is 0.435. The number of H-pyrrole nitrogens is 1. The topological polar surface area (TPSA) is 39.3 Å². The summed E-state index contributed by atoms with van der Waals surface area (Å²) in [6.07, 6.45) is 2.42. The fourth-order valence-corrected chi connectivity index (χ4v) is 4.98. The molecule has 3 aliphatic heterocycles. The van der Waals surface area contributed by atoms with E-state index in [4.69, 9.17) is 0 Å². The summed E-state index contributed by atoms with van der Waals surface area (Å²) >= 11 is 0. The number of nitrogens with one attached hydrogen (secondary N) is 1. The molecule has 2 atom stereocenters. The number of aromatic nitrogens is 1. The number of pyridine rings is 1. The van der Waals surface area contributed by atoms with Crippen molar-refractivity contribution in [2.24, 2.45) is 5.92 Å². The molecule has 0 aliphatic carbocycles. The molecule has 0 radical (unpaired) electrons. The highest BCUT2D eigenvalue weighted by Gasteiger charge is 2.34. The van der Waals surface area contributed by atoms with Crippen LogP contribution in [0.15, 0.2) is 59.4 Å². The third-order valence-corrected chi connectivity index (χ3v) is 6.43. The minimum atomic E-state index is -0.184. The number of aromatic amines is 1. The van der Waals surface area contributed by atoms with Gasteiger partial charge in [0.25, 0.3) is 5.56 Å². The minimum Gasteiger partial charge on any atom is -0.322 e. The molecule has 1 aromatic heterocycles. The maximum Gasteiger partial charge on any atom is 0.252 e. The Balaban J connectivity index is 1.33. The molecule has 1 N–H and O–H groups in total. The average Bonchev–Trinajstić information content (AvgIpc) is 3.01. The number of nitrogens with zero attached hydrogens (tertiary/aromatic N) is 2. The quantitative estimate of drug-likeness (QED) is 0.736. The number of hydrogen-bond acceptors (Lipinski definition) is 3. The summed E-state index contributed by atoms with van der Waals surface area (Å²) < 4.78 is 13.2. The fourth-order valence-electron chi connectivity index (χ4n) is 4.98. The number of hydrogen-bond donors (Lipinski definition) is 1. The van der Waals surface area contributed by atoms with Gasteiger partial charge in [0.2, 0.25) is 0 Å². The van der Waals surface area contributed by atoms with Crippen LogP contribution in [0.25, 0.3) is 10.9 Å². The Hall–Kier alpha value is -2.50. The number of halogens is 1. The summed E-state index contributed by atoms with van der Waals surface area (Å²) in [7, 11) is 0. The molecule has 5 heteroatoms. The number of rotatable bonds is 4. The smallest absolute Gasteiger partial charge is 0.252 e. The first-order valence-electron chi connectivity index (χ1n) is 10.5. The second kappa shape index (κ2) is 7.73. The van der Waals surface area contributed by atoms with E-state index in [-0.39, 0.29) is 11.4 Å². The zero-order valence-corrected chi connectivity index (χ0v) is 16.5. The van der Waals surface area contributed by atoms with Crippen LogP contribution in [0.2, 0.25) is 0 Å². The van der Waals surface area contributed by atoms with Crippen molar-refractivity contribution in [3.8, 4) is 0 Å². The van der Waals surface area contributed by atoms with Gasteiger partial charge in [0.1, 0.15) is 5.82 Å². The monoisotopic (exact) mass is 391 g/mol. The van der Waals surface area contributed by atoms with Crippen molar-refractivity contribution < 1.29 is 4.39 Å². The maximum absolute atomic E-state index is 13.2. The van der Waals surface area contributed by atoms with E-state index in [0.717, 1.165) is 48.2 Å². The summed E-state index contributed by atoms with van der Waals surface area (Å²) in [5.41, 5.74) is 2.92. The van der Waals surface area contributed by atoms with Crippen molar-refractivity contribution in [1.82, 2.24) is 14.8 Å². The molecular formula is C24H26FN3O. The lowest BCUT2D eigenvalue weighted by molar-refractivity contribution is 0.122. The summed E-state index contributed by atoms with van der Waals surface area (Å²) in [6.45, 7) is 4.66. The van der Waals surface area contributed by atoms with Crippen LogP contribution in [0.1, 0.15) is 24.0 Å². The number of piperidine rings is 1. The lowest BCUT2D eigenvalue weighted by Crippen LogP contribution is -2.44. The van der Waals surface area contributed by atoms with Gasteiger partial charge in [-0.15, -0.1) is 0 Å². The highest BCUT2D eigenvalue weighted by molar-refractivity contribution is 5.78. The Kier molecular flexibility index (Phi) is 4.94. The minimum absolute atomic E-state index is 0.0204. The van der Waals surface area contributed by atoms with E-state index >= 15 is 0 Å². The van der Waals surface area contributed by atoms with Gasteiger partial charge in [-0.3, -0.25) is 14.6 Å². The van der Waals surface area contributed by atoms with Crippen molar-refractivity contribution in [1.29, 1.82) is 0 Å². The lowest BCUT2D eigenvalue weighted by atomic mass is 9.94.